The highest BCUT2D eigenvalue weighted by atomic mass is 35.5. The molecule has 1 atom stereocenters. The number of carbonyl (C=O) groups is 1. The summed E-state index contributed by atoms with van der Waals surface area (Å²) in [6.45, 7) is 4.94. The maximum Gasteiger partial charge on any atom is 0.227 e. The van der Waals surface area contributed by atoms with Crippen molar-refractivity contribution in [3.8, 4) is 5.75 Å². The third-order valence-electron chi connectivity index (χ3n) is 3.85. The summed E-state index contributed by atoms with van der Waals surface area (Å²) >= 11 is 12.5. The van der Waals surface area contributed by atoms with Gasteiger partial charge in [0.1, 0.15) is 5.75 Å². The number of hydrogen-bond acceptors (Lipinski definition) is 2. The maximum atomic E-state index is 12.1. The zero-order chi connectivity index (χ0) is 15.1. The van der Waals surface area contributed by atoms with Crippen LogP contribution in [0, 0.1) is 0 Å². The van der Waals surface area contributed by atoms with Crippen molar-refractivity contribution in [2.45, 2.75) is 26.2 Å². The predicted octanol–water partition coefficient (Wildman–Crippen LogP) is 3.65. The number of amides is 1. The molecular formula is C15H16Cl2N2O2. The van der Waals surface area contributed by atoms with Gasteiger partial charge in [-0.3, -0.25) is 4.79 Å². The molecule has 1 aromatic carbocycles. The summed E-state index contributed by atoms with van der Waals surface area (Å²) < 4.78 is 5.71. The van der Waals surface area contributed by atoms with Gasteiger partial charge in [-0.15, -0.1) is 0 Å². The van der Waals surface area contributed by atoms with E-state index in [4.69, 9.17) is 27.9 Å². The zero-order valence-electron chi connectivity index (χ0n) is 11.8. The zero-order valence-corrected chi connectivity index (χ0v) is 13.4. The van der Waals surface area contributed by atoms with Gasteiger partial charge in [0.2, 0.25) is 5.91 Å². The van der Waals surface area contributed by atoms with Crippen molar-refractivity contribution in [2.75, 3.05) is 13.2 Å². The van der Waals surface area contributed by atoms with Crippen LogP contribution < -0.4 is 10.1 Å². The number of H-pyrrole nitrogens is 1. The standard InChI is InChI=1S/C15H16Cl2N2O2/c1-3-21-10-6-8(16)13(17)14-12(10)11-7(2)15(20)18-5-4-9(11)19-14/h6-7,19H,3-5H2,1-2H3,(H,18,20). The molecule has 0 saturated carbocycles. The molecule has 0 bridgehead atoms. The van der Waals surface area contributed by atoms with Gasteiger partial charge in [0, 0.05) is 30.1 Å². The van der Waals surface area contributed by atoms with Crippen LogP contribution in [0.5, 0.6) is 5.75 Å². The lowest BCUT2D eigenvalue weighted by Gasteiger charge is -2.12. The van der Waals surface area contributed by atoms with E-state index in [2.05, 4.69) is 10.3 Å². The number of halogens is 2. The van der Waals surface area contributed by atoms with Gasteiger partial charge in [-0.05, 0) is 19.4 Å². The van der Waals surface area contributed by atoms with Crippen molar-refractivity contribution in [1.29, 1.82) is 0 Å². The van der Waals surface area contributed by atoms with Gasteiger partial charge < -0.3 is 15.0 Å². The fourth-order valence-corrected chi connectivity index (χ4v) is 3.29. The molecule has 1 aliphatic heterocycles. The summed E-state index contributed by atoms with van der Waals surface area (Å²) in [7, 11) is 0. The number of benzene rings is 1. The number of fused-ring (bicyclic) bond motifs is 3. The topological polar surface area (TPSA) is 54.1 Å². The van der Waals surface area contributed by atoms with Crippen LogP contribution in [-0.2, 0) is 11.2 Å². The quantitative estimate of drug-likeness (QED) is 0.885. The SMILES string of the molecule is CCOc1cc(Cl)c(Cl)c2[nH]c3c(c12)C(C)C(=O)NCC3. The van der Waals surface area contributed by atoms with Crippen LogP contribution in [0.25, 0.3) is 10.9 Å². The molecule has 1 aromatic heterocycles. The van der Waals surface area contributed by atoms with Crippen molar-refractivity contribution < 1.29 is 9.53 Å². The molecule has 3 rings (SSSR count). The summed E-state index contributed by atoms with van der Waals surface area (Å²) in [5, 5.41) is 4.69. The number of hydrogen-bond donors (Lipinski definition) is 2. The molecule has 2 heterocycles. The third-order valence-corrected chi connectivity index (χ3v) is 4.64. The van der Waals surface area contributed by atoms with Crippen LogP contribution in [0.15, 0.2) is 6.07 Å². The van der Waals surface area contributed by atoms with E-state index in [0.717, 1.165) is 28.6 Å². The van der Waals surface area contributed by atoms with Crippen molar-refractivity contribution in [3.05, 3.63) is 27.4 Å². The minimum absolute atomic E-state index is 0.0168. The van der Waals surface area contributed by atoms with Gasteiger partial charge in [-0.2, -0.15) is 0 Å². The number of aromatic nitrogens is 1. The number of rotatable bonds is 2. The first kappa shape index (κ1) is 14.5. The molecule has 112 valence electrons. The van der Waals surface area contributed by atoms with Gasteiger partial charge in [-0.1, -0.05) is 23.2 Å². The molecule has 2 aromatic rings. The Morgan fingerprint density at radius 1 is 1.43 bits per heavy atom. The Balaban J connectivity index is 2.36. The van der Waals surface area contributed by atoms with Crippen molar-refractivity contribution in [1.82, 2.24) is 10.3 Å². The molecule has 1 unspecified atom stereocenters. The lowest BCUT2D eigenvalue weighted by Crippen LogP contribution is -2.26. The highest BCUT2D eigenvalue weighted by molar-refractivity contribution is 6.45. The number of aromatic amines is 1. The van der Waals surface area contributed by atoms with E-state index in [1.807, 2.05) is 13.8 Å². The molecule has 0 fully saturated rings. The summed E-state index contributed by atoms with van der Waals surface area (Å²) in [5.41, 5.74) is 2.72. The fourth-order valence-electron chi connectivity index (χ4n) is 2.90. The molecule has 0 spiro atoms. The minimum Gasteiger partial charge on any atom is -0.493 e. The average molecular weight is 327 g/mol. The van der Waals surface area contributed by atoms with E-state index < -0.39 is 0 Å². The molecule has 21 heavy (non-hydrogen) atoms. The Kier molecular flexibility index (Phi) is 3.76. The fraction of sp³-hybridized carbons (Fsp3) is 0.400. The Morgan fingerprint density at radius 3 is 2.90 bits per heavy atom. The summed E-state index contributed by atoms with van der Waals surface area (Å²) in [6, 6.07) is 1.72. The normalized spacial score (nSPS) is 18.3. The van der Waals surface area contributed by atoms with E-state index in [0.29, 0.717) is 28.9 Å². The highest BCUT2D eigenvalue weighted by Crippen LogP contribution is 2.43. The monoisotopic (exact) mass is 326 g/mol. The summed E-state index contributed by atoms with van der Waals surface area (Å²) in [5.74, 6) is 0.428. The largest absolute Gasteiger partial charge is 0.493 e. The number of carbonyl (C=O) groups excluding carboxylic acids is 1. The molecule has 2 N–H and O–H groups in total. The Morgan fingerprint density at radius 2 is 2.19 bits per heavy atom. The van der Waals surface area contributed by atoms with Crippen LogP contribution in [0.3, 0.4) is 0 Å². The van der Waals surface area contributed by atoms with Gasteiger partial charge in [0.25, 0.3) is 0 Å². The Labute approximate surface area is 132 Å². The first-order chi connectivity index (χ1) is 10.0. The van der Waals surface area contributed by atoms with Crippen molar-refractivity contribution >= 4 is 40.0 Å². The molecule has 1 aliphatic rings. The number of nitrogens with one attached hydrogen (secondary N) is 2. The first-order valence-electron chi connectivity index (χ1n) is 6.97. The van der Waals surface area contributed by atoms with Crippen LogP contribution in [0.2, 0.25) is 10.0 Å². The van der Waals surface area contributed by atoms with Gasteiger partial charge in [-0.25, -0.2) is 0 Å². The molecule has 1 amide bonds. The molecule has 6 heteroatoms. The third kappa shape index (κ3) is 2.27. The predicted molar refractivity (Wildman–Crippen MR) is 84.6 cm³/mol. The summed E-state index contributed by atoms with van der Waals surface area (Å²) in [4.78, 5) is 15.4. The Bertz CT molecular complexity index is 724. The molecule has 4 nitrogen and oxygen atoms in total. The van der Waals surface area contributed by atoms with Crippen LogP contribution >= 0.6 is 23.2 Å². The van der Waals surface area contributed by atoms with Gasteiger partial charge in [0.05, 0.1) is 28.1 Å². The van der Waals surface area contributed by atoms with Gasteiger partial charge in [0.15, 0.2) is 0 Å². The van der Waals surface area contributed by atoms with Crippen LogP contribution in [0.4, 0.5) is 0 Å². The van der Waals surface area contributed by atoms with E-state index in [1.54, 1.807) is 6.07 Å². The van der Waals surface area contributed by atoms with Gasteiger partial charge >= 0.3 is 0 Å². The lowest BCUT2D eigenvalue weighted by atomic mass is 9.96. The second-order valence-electron chi connectivity index (χ2n) is 5.13. The second kappa shape index (κ2) is 5.43. The smallest absolute Gasteiger partial charge is 0.227 e. The van der Waals surface area contributed by atoms with Crippen molar-refractivity contribution in [3.63, 3.8) is 0 Å². The molecule has 0 radical (unpaired) electrons. The highest BCUT2D eigenvalue weighted by Gasteiger charge is 2.28. The second-order valence-corrected chi connectivity index (χ2v) is 5.92. The minimum atomic E-state index is -0.257. The van der Waals surface area contributed by atoms with E-state index in [9.17, 15) is 4.79 Å². The molecule has 0 aliphatic carbocycles. The molecule has 0 saturated heterocycles. The van der Waals surface area contributed by atoms with E-state index >= 15 is 0 Å². The van der Waals surface area contributed by atoms with Crippen LogP contribution in [-0.4, -0.2) is 24.0 Å². The summed E-state index contributed by atoms with van der Waals surface area (Å²) in [6.07, 6.45) is 0.736. The average Bonchev–Trinajstić information content (AvgIpc) is 2.77. The van der Waals surface area contributed by atoms with Crippen molar-refractivity contribution in [2.24, 2.45) is 0 Å². The van der Waals surface area contributed by atoms with Crippen LogP contribution in [0.1, 0.15) is 31.0 Å². The van der Waals surface area contributed by atoms with E-state index in [1.165, 1.54) is 0 Å². The lowest BCUT2D eigenvalue weighted by molar-refractivity contribution is -0.121. The number of ether oxygens (including phenoxy) is 1. The maximum absolute atomic E-state index is 12.1. The Hall–Kier alpha value is -1.39. The van der Waals surface area contributed by atoms with E-state index in [-0.39, 0.29) is 11.8 Å². The first-order valence-corrected chi connectivity index (χ1v) is 7.73. The molecular weight excluding hydrogens is 311 g/mol.